The quantitative estimate of drug-likeness (QED) is 0.875. The van der Waals surface area contributed by atoms with E-state index in [1.165, 1.54) is 12.1 Å². The molecule has 2 rings (SSSR count). The molecule has 0 unspecified atom stereocenters. The van der Waals surface area contributed by atoms with E-state index in [0.29, 0.717) is 0 Å². The van der Waals surface area contributed by atoms with Crippen LogP contribution in [0, 0.1) is 5.82 Å². The SMILES string of the molecule is COC1(CN[C@H](C)C(C)(C)c2ccc(F)cc2)CCOCC1. The van der Waals surface area contributed by atoms with Gasteiger partial charge in [-0.15, -0.1) is 0 Å². The molecule has 0 amide bonds. The molecule has 4 heteroatoms. The van der Waals surface area contributed by atoms with Crippen LogP contribution in [0.15, 0.2) is 24.3 Å². The molecule has 1 aromatic carbocycles. The van der Waals surface area contributed by atoms with Crippen molar-refractivity contribution in [1.29, 1.82) is 0 Å². The Hall–Kier alpha value is -0.970. The Morgan fingerprint density at radius 2 is 1.86 bits per heavy atom. The fourth-order valence-corrected chi connectivity index (χ4v) is 2.92. The van der Waals surface area contributed by atoms with E-state index in [2.05, 4.69) is 26.1 Å². The first-order valence-electron chi connectivity index (χ1n) is 8.02. The van der Waals surface area contributed by atoms with Gasteiger partial charge in [-0.3, -0.25) is 0 Å². The summed E-state index contributed by atoms with van der Waals surface area (Å²) in [5.41, 5.74) is 0.909. The topological polar surface area (TPSA) is 30.5 Å². The van der Waals surface area contributed by atoms with E-state index in [1.807, 2.05) is 12.1 Å². The molecular weight excluding hydrogens is 281 g/mol. The number of benzene rings is 1. The highest BCUT2D eigenvalue weighted by molar-refractivity contribution is 5.26. The van der Waals surface area contributed by atoms with Gasteiger partial charge in [0.15, 0.2) is 0 Å². The van der Waals surface area contributed by atoms with Crippen molar-refractivity contribution in [2.75, 3.05) is 26.9 Å². The molecule has 0 saturated carbocycles. The van der Waals surface area contributed by atoms with Crippen molar-refractivity contribution in [3.8, 4) is 0 Å². The van der Waals surface area contributed by atoms with Crippen molar-refractivity contribution in [3.63, 3.8) is 0 Å². The van der Waals surface area contributed by atoms with E-state index < -0.39 is 0 Å². The van der Waals surface area contributed by atoms with Gasteiger partial charge in [0, 0.05) is 51.2 Å². The summed E-state index contributed by atoms with van der Waals surface area (Å²) in [6.07, 6.45) is 1.83. The van der Waals surface area contributed by atoms with Crippen LogP contribution in [-0.4, -0.2) is 38.5 Å². The van der Waals surface area contributed by atoms with Gasteiger partial charge in [-0.05, 0) is 24.6 Å². The summed E-state index contributed by atoms with van der Waals surface area (Å²) in [7, 11) is 1.78. The molecule has 1 aliphatic rings. The lowest BCUT2D eigenvalue weighted by Gasteiger charge is -2.40. The van der Waals surface area contributed by atoms with Gasteiger partial charge in [0.2, 0.25) is 0 Å². The van der Waals surface area contributed by atoms with Crippen LogP contribution in [-0.2, 0) is 14.9 Å². The van der Waals surface area contributed by atoms with E-state index in [4.69, 9.17) is 9.47 Å². The summed E-state index contributed by atoms with van der Waals surface area (Å²) in [6.45, 7) is 8.85. The molecule has 1 saturated heterocycles. The molecule has 22 heavy (non-hydrogen) atoms. The number of rotatable bonds is 6. The van der Waals surface area contributed by atoms with Gasteiger partial charge < -0.3 is 14.8 Å². The molecule has 124 valence electrons. The fraction of sp³-hybridized carbons (Fsp3) is 0.667. The summed E-state index contributed by atoms with van der Waals surface area (Å²) in [4.78, 5) is 0. The van der Waals surface area contributed by atoms with Gasteiger partial charge in [0.05, 0.1) is 5.60 Å². The Labute approximate surface area is 133 Å². The minimum Gasteiger partial charge on any atom is -0.381 e. The second-order valence-electron chi connectivity index (χ2n) is 6.83. The smallest absolute Gasteiger partial charge is 0.123 e. The second kappa shape index (κ2) is 7.07. The zero-order valence-electron chi connectivity index (χ0n) is 14.1. The maximum Gasteiger partial charge on any atom is 0.123 e. The third kappa shape index (κ3) is 3.86. The van der Waals surface area contributed by atoms with Crippen LogP contribution in [0.5, 0.6) is 0 Å². The highest BCUT2D eigenvalue weighted by Crippen LogP contribution is 2.29. The summed E-state index contributed by atoms with van der Waals surface area (Å²) in [5.74, 6) is -0.194. The lowest BCUT2D eigenvalue weighted by Crippen LogP contribution is -2.52. The van der Waals surface area contributed by atoms with E-state index in [1.54, 1.807) is 7.11 Å². The van der Waals surface area contributed by atoms with Crippen molar-refractivity contribution < 1.29 is 13.9 Å². The average molecular weight is 309 g/mol. The Bertz CT molecular complexity index is 466. The zero-order chi connectivity index (χ0) is 16.2. The molecule has 3 nitrogen and oxygen atoms in total. The fourth-order valence-electron chi connectivity index (χ4n) is 2.92. The number of hydrogen-bond donors (Lipinski definition) is 1. The lowest BCUT2D eigenvalue weighted by molar-refractivity contribution is -0.0891. The number of nitrogens with one attached hydrogen (secondary N) is 1. The molecule has 1 atom stereocenters. The summed E-state index contributed by atoms with van der Waals surface area (Å²) in [6, 6.07) is 7.03. The van der Waals surface area contributed by atoms with Crippen LogP contribution in [0.25, 0.3) is 0 Å². The molecular formula is C18H28FNO2. The molecule has 1 heterocycles. The summed E-state index contributed by atoms with van der Waals surface area (Å²) in [5, 5.41) is 3.62. The van der Waals surface area contributed by atoms with Crippen molar-refractivity contribution in [1.82, 2.24) is 5.32 Å². The predicted octanol–water partition coefficient (Wildman–Crippen LogP) is 3.28. The van der Waals surface area contributed by atoms with Gasteiger partial charge in [-0.25, -0.2) is 4.39 Å². The third-order valence-electron chi connectivity index (χ3n) is 5.24. The van der Waals surface area contributed by atoms with Crippen LogP contribution >= 0.6 is 0 Å². The summed E-state index contributed by atoms with van der Waals surface area (Å²) >= 11 is 0. The Kier molecular flexibility index (Phi) is 5.59. The van der Waals surface area contributed by atoms with Crippen molar-refractivity contribution in [2.24, 2.45) is 0 Å². The van der Waals surface area contributed by atoms with Crippen LogP contribution in [0.2, 0.25) is 0 Å². The van der Waals surface area contributed by atoms with Crippen LogP contribution in [0.3, 0.4) is 0 Å². The molecule has 0 aliphatic carbocycles. The number of hydrogen-bond acceptors (Lipinski definition) is 3. The van der Waals surface area contributed by atoms with Gasteiger partial charge in [0.25, 0.3) is 0 Å². The van der Waals surface area contributed by atoms with E-state index >= 15 is 0 Å². The maximum atomic E-state index is 13.1. The number of halogens is 1. The molecule has 0 bridgehead atoms. The van der Waals surface area contributed by atoms with Gasteiger partial charge in [-0.1, -0.05) is 26.0 Å². The highest BCUT2D eigenvalue weighted by Gasteiger charge is 2.35. The maximum absolute atomic E-state index is 13.1. The van der Waals surface area contributed by atoms with Gasteiger partial charge >= 0.3 is 0 Å². The number of ether oxygens (including phenoxy) is 2. The number of methoxy groups -OCH3 is 1. The van der Waals surface area contributed by atoms with Crippen LogP contribution in [0.4, 0.5) is 4.39 Å². The van der Waals surface area contributed by atoms with Crippen molar-refractivity contribution >= 4 is 0 Å². The van der Waals surface area contributed by atoms with E-state index in [0.717, 1.165) is 38.2 Å². The Morgan fingerprint density at radius 1 is 1.27 bits per heavy atom. The molecule has 1 aliphatic heterocycles. The van der Waals surface area contributed by atoms with Gasteiger partial charge in [-0.2, -0.15) is 0 Å². The third-order valence-corrected chi connectivity index (χ3v) is 5.24. The molecule has 1 aromatic rings. The monoisotopic (exact) mass is 309 g/mol. The zero-order valence-corrected chi connectivity index (χ0v) is 14.1. The van der Waals surface area contributed by atoms with Crippen LogP contribution in [0.1, 0.15) is 39.2 Å². The standard InChI is InChI=1S/C18H28FNO2/c1-14(17(2,3)15-5-7-16(19)8-6-15)20-13-18(21-4)9-11-22-12-10-18/h5-8,14,20H,9-13H2,1-4H3/t14-/m1/s1. The first-order valence-corrected chi connectivity index (χ1v) is 8.02. The Morgan fingerprint density at radius 3 is 2.41 bits per heavy atom. The minimum absolute atomic E-state index is 0.0895. The van der Waals surface area contributed by atoms with Gasteiger partial charge in [0.1, 0.15) is 5.82 Å². The van der Waals surface area contributed by atoms with E-state index in [-0.39, 0.29) is 22.9 Å². The van der Waals surface area contributed by atoms with Crippen molar-refractivity contribution in [2.45, 2.75) is 50.7 Å². The molecule has 0 aromatic heterocycles. The first-order chi connectivity index (χ1) is 10.4. The predicted molar refractivity (Wildman–Crippen MR) is 86.7 cm³/mol. The normalized spacial score (nSPS) is 19.9. The molecule has 0 spiro atoms. The first kappa shape index (κ1) is 17.4. The molecule has 0 radical (unpaired) electrons. The van der Waals surface area contributed by atoms with E-state index in [9.17, 15) is 4.39 Å². The van der Waals surface area contributed by atoms with Crippen molar-refractivity contribution in [3.05, 3.63) is 35.6 Å². The Balaban J connectivity index is 2.00. The van der Waals surface area contributed by atoms with Crippen LogP contribution < -0.4 is 5.32 Å². The molecule has 1 fully saturated rings. The minimum atomic E-state index is -0.194. The molecule has 1 N–H and O–H groups in total. The largest absolute Gasteiger partial charge is 0.381 e. The lowest BCUT2D eigenvalue weighted by atomic mass is 9.78. The second-order valence-corrected chi connectivity index (χ2v) is 6.83. The highest BCUT2D eigenvalue weighted by atomic mass is 19.1. The average Bonchev–Trinajstić information content (AvgIpc) is 2.54. The summed E-state index contributed by atoms with van der Waals surface area (Å²) < 4.78 is 24.3.